The summed E-state index contributed by atoms with van der Waals surface area (Å²) in [6, 6.07) is 10.6. The average molecular weight is 325 g/mol. The van der Waals surface area contributed by atoms with Crippen molar-refractivity contribution in [2.24, 2.45) is 0 Å². The lowest BCUT2D eigenvalue weighted by atomic mass is 9.95. The first-order valence-corrected chi connectivity index (χ1v) is 8.33. The number of benzene rings is 1. The predicted molar refractivity (Wildman–Crippen MR) is 92.5 cm³/mol. The second-order valence-electron chi connectivity index (χ2n) is 6.23. The molecular weight excluding hydrogens is 305 g/mol. The van der Waals surface area contributed by atoms with E-state index in [1.807, 2.05) is 0 Å². The second kappa shape index (κ2) is 6.57. The van der Waals surface area contributed by atoms with Gasteiger partial charge in [0.05, 0.1) is 5.39 Å². The summed E-state index contributed by atoms with van der Waals surface area (Å²) in [5, 5.41) is 15.0. The third-order valence-electron chi connectivity index (χ3n) is 4.53. The van der Waals surface area contributed by atoms with E-state index in [4.69, 9.17) is 4.98 Å². The normalized spacial score (nSPS) is 18.0. The third kappa shape index (κ3) is 3.10. The number of piperidine rings is 1. The Morgan fingerprint density at radius 2 is 2.04 bits per heavy atom. The van der Waals surface area contributed by atoms with Gasteiger partial charge in [0, 0.05) is 24.7 Å². The van der Waals surface area contributed by atoms with Crippen LogP contribution in [-0.4, -0.2) is 28.3 Å². The van der Waals surface area contributed by atoms with Crippen LogP contribution in [0.5, 0.6) is 0 Å². The van der Waals surface area contributed by atoms with Gasteiger partial charge in [0.1, 0.15) is 5.82 Å². The molecule has 124 valence electrons. The summed E-state index contributed by atoms with van der Waals surface area (Å²) in [5.74, 6) is 1.02. The maximum atomic E-state index is 12.9. The molecule has 0 saturated carbocycles. The van der Waals surface area contributed by atoms with Gasteiger partial charge in [-0.15, -0.1) is 0 Å². The second-order valence-corrected chi connectivity index (χ2v) is 6.23. The third-order valence-corrected chi connectivity index (χ3v) is 4.53. The lowest BCUT2D eigenvalue weighted by Gasteiger charge is -2.22. The van der Waals surface area contributed by atoms with Crippen LogP contribution in [0.2, 0.25) is 0 Å². The Labute approximate surface area is 139 Å². The van der Waals surface area contributed by atoms with E-state index >= 15 is 0 Å². The largest absolute Gasteiger partial charge is 0.364 e. The van der Waals surface area contributed by atoms with E-state index < -0.39 is 0 Å². The van der Waals surface area contributed by atoms with Gasteiger partial charge >= 0.3 is 0 Å². The highest BCUT2D eigenvalue weighted by molar-refractivity contribution is 5.87. The number of nitrogens with one attached hydrogen (secondary N) is 3. The fraction of sp³-hybridized carbons (Fsp3) is 0.333. The summed E-state index contributed by atoms with van der Waals surface area (Å²) in [5.41, 5.74) is 2.92. The minimum absolute atomic E-state index is 0.224. The maximum Gasteiger partial charge on any atom is 0.157 e. The summed E-state index contributed by atoms with van der Waals surface area (Å²) >= 11 is 0. The van der Waals surface area contributed by atoms with E-state index in [1.54, 1.807) is 12.1 Å². The number of hydrogen-bond donors (Lipinski definition) is 3. The Balaban J connectivity index is 1.51. The fourth-order valence-electron chi connectivity index (χ4n) is 3.17. The maximum absolute atomic E-state index is 12.9. The molecule has 2 aromatic heterocycles. The van der Waals surface area contributed by atoms with Gasteiger partial charge in [-0.25, -0.2) is 9.37 Å². The van der Waals surface area contributed by atoms with E-state index in [0.29, 0.717) is 12.5 Å². The summed E-state index contributed by atoms with van der Waals surface area (Å²) in [7, 11) is 0. The monoisotopic (exact) mass is 325 g/mol. The summed E-state index contributed by atoms with van der Waals surface area (Å²) in [4.78, 5) is 4.74. The van der Waals surface area contributed by atoms with Crippen LogP contribution in [0.1, 0.15) is 30.0 Å². The molecule has 1 aromatic carbocycles. The van der Waals surface area contributed by atoms with Gasteiger partial charge in [0.15, 0.2) is 11.5 Å². The number of pyridine rings is 1. The molecular formula is C18H20FN5. The molecule has 3 heterocycles. The molecule has 0 bridgehead atoms. The number of fused-ring (bicyclic) bond motifs is 1. The molecule has 1 aliphatic heterocycles. The van der Waals surface area contributed by atoms with E-state index in [0.717, 1.165) is 41.2 Å². The van der Waals surface area contributed by atoms with E-state index in [2.05, 4.69) is 33.0 Å². The summed E-state index contributed by atoms with van der Waals surface area (Å²) < 4.78 is 12.9. The Hall–Kier alpha value is -2.47. The van der Waals surface area contributed by atoms with Crippen LogP contribution in [0.4, 0.5) is 10.2 Å². The van der Waals surface area contributed by atoms with Crippen LogP contribution in [0.3, 0.4) is 0 Å². The molecule has 1 fully saturated rings. The van der Waals surface area contributed by atoms with Crippen molar-refractivity contribution >= 4 is 16.9 Å². The number of rotatable bonds is 4. The first kappa shape index (κ1) is 15.1. The van der Waals surface area contributed by atoms with Crippen LogP contribution in [-0.2, 0) is 6.54 Å². The molecule has 6 heteroatoms. The van der Waals surface area contributed by atoms with Crippen molar-refractivity contribution in [2.75, 3.05) is 18.4 Å². The first-order chi connectivity index (χ1) is 11.8. The summed E-state index contributed by atoms with van der Waals surface area (Å²) in [6.45, 7) is 2.68. The Bertz CT molecular complexity index is 821. The van der Waals surface area contributed by atoms with Gasteiger partial charge in [-0.3, -0.25) is 5.10 Å². The van der Waals surface area contributed by atoms with Crippen LogP contribution >= 0.6 is 0 Å². The lowest BCUT2D eigenvalue weighted by molar-refractivity contribution is 0.455. The molecule has 0 amide bonds. The van der Waals surface area contributed by atoms with Gasteiger partial charge in [-0.05, 0) is 49.2 Å². The highest BCUT2D eigenvalue weighted by Gasteiger charge is 2.17. The molecule has 1 aliphatic rings. The van der Waals surface area contributed by atoms with Crippen molar-refractivity contribution in [3.63, 3.8) is 0 Å². The predicted octanol–water partition coefficient (Wildman–Crippen LogP) is 3.18. The number of aromatic nitrogens is 3. The van der Waals surface area contributed by atoms with Crippen LogP contribution in [0.15, 0.2) is 36.4 Å². The van der Waals surface area contributed by atoms with Crippen LogP contribution in [0.25, 0.3) is 11.0 Å². The first-order valence-electron chi connectivity index (χ1n) is 8.33. The standard InChI is InChI=1S/C18H20FN5/c19-14-5-3-12(4-6-14)10-21-17-15-7-8-16(22-18(15)24-23-17)13-2-1-9-20-11-13/h3-8,13,20H,1-2,9-11H2,(H2,21,22,23,24). The smallest absolute Gasteiger partial charge is 0.157 e. The number of anilines is 1. The number of halogens is 1. The van der Waals surface area contributed by atoms with E-state index in [9.17, 15) is 4.39 Å². The van der Waals surface area contributed by atoms with Gasteiger partial charge in [-0.1, -0.05) is 12.1 Å². The highest BCUT2D eigenvalue weighted by Crippen LogP contribution is 2.26. The van der Waals surface area contributed by atoms with Crippen molar-refractivity contribution in [1.82, 2.24) is 20.5 Å². The molecule has 5 nitrogen and oxygen atoms in total. The van der Waals surface area contributed by atoms with Gasteiger partial charge in [0.2, 0.25) is 0 Å². The number of H-pyrrole nitrogens is 1. The zero-order valence-corrected chi connectivity index (χ0v) is 13.3. The molecule has 1 unspecified atom stereocenters. The fourth-order valence-corrected chi connectivity index (χ4v) is 3.17. The zero-order chi connectivity index (χ0) is 16.4. The van der Waals surface area contributed by atoms with Crippen molar-refractivity contribution in [3.05, 3.63) is 53.5 Å². The number of nitrogens with zero attached hydrogens (tertiary/aromatic N) is 2. The Kier molecular flexibility index (Phi) is 4.13. The molecule has 24 heavy (non-hydrogen) atoms. The summed E-state index contributed by atoms with van der Waals surface area (Å²) in [6.07, 6.45) is 2.37. The van der Waals surface area contributed by atoms with Crippen LogP contribution < -0.4 is 10.6 Å². The molecule has 1 saturated heterocycles. The molecule has 0 aliphatic carbocycles. The van der Waals surface area contributed by atoms with E-state index in [1.165, 1.54) is 25.0 Å². The van der Waals surface area contributed by atoms with Crippen molar-refractivity contribution in [2.45, 2.75) is 25.3 Å². The van der Waals surface area contributed by atoms with Gasteiger partial charge < -0.3 is 10.6 Å². The van der Waals surface area contributed by atoms with Gasteiger partial charge in [0.25, 0.3) is 0 Å². The Morgan fingerprint density at radius 1 is 1.17 bits per heavy atom. The topological polar surface area (TPSA) is 65.6 Å². The SMILES string of the molecule is Fc1ccc(CNc2n[nH]c3nc(C4CCCNC4)ccc23)cc1. The number of aromatic amines is 1. The molecule has 1 atom stereocenters. The minimum atomic E-state index is -0.224. The Morgan fingerprint density at radius 3 is 2.83 bits per heavy atom. The molecule has 3 N–H and O–H groups in total. The van der Waals surface area contributed by atoms with Gasteiger partial charge in [-0.2, -0.15) is 5.10 Å². The van der Waals surface area contributed by atoms with Crippen molar-refractivity contribution < 1.29 is 4.39 Å². The molecule has 4 rings (SSSR count). The zero-order valence-electron chi connectivity index (χ0n) is 13.3. The highest BCUT2D eigenvalue weighted by atomic mass is 19.1. The minimum Gasteiger partial charge on any atom is -0.364 e. The quantitative estimate of drug-likeness (QED) is 0.689. The molecule has 3 aromatic rings. The van der Waals surface area contributed by atoms with E-state index in [-0.39, 0.29) is 5.82 Å². The molecule has 0 spiro atoms. The van der Waals surface area contributed by atoms with Crippen LogP contribution in [0, 0.1) is 5.82 Å². The average Bonchev–Trinajstić information content (AvgIpc) is 3.04. The molecule has 0 radical (unpaired) electrons. The van der Waals surface area contributed by atoms with Crippen molar-refractivity contribution in [3.8, 4) is 0 Å². The van der Waals surface area contributed by atoms with Crippen molar-refractivity contribution in [1.29, 1.82) is 0 Å². The lowest BCUT2D eigenvalue weighted by Crippen LogP contribution is -2.28. The number of hydrogen-bond acceptors (Lipinski definition) is 4.